The van der Waals surface area contributed by atoms with Gasteiger partial charge in [-0.2, -0.15) is 0 Å². The minimum absolute atomic E-state index is 0.00725. The first-order valence-corrected chi connectivity index (χ1v) is 13.5. The molecule has 4 rings (SSSR count). The molecule has 10 nitrogen and oxygen atoms in total. The number of carbonyl (C=O) groups is 2. The lowest BCUT2D eigenvalue weighted by atomic mass is 9.86. The number of hydrogen-bond donors (Lipinski definition) is 3. The first kappa shape index (κ1) is 26.5. The summed E-state index contributed by atoms with van der Waals surface area (Å²) in [5.41, 5.74) is 3.05. The van der Waals surface area contributed by atoms with Crippen molar-refractivity contribution < 1.29 is 28.0 Å². The Morgan fingerprint density at radius 3 is 2.51 bits per heavy atom. The molecule has 1 aliphatic heterocycles. The Morgan fingerprint density at radius 1 is 1.14 bits per heavy atom. The van der Waals surface area contributed by atoms with Gasteiger partial charge in [-0.05, 0) is 49.7 Å². The molecule has 196 valence electrons. The first-order valence-electron chi connectivity index (χ1n) is 12.0. The Hall–Kier alpha value is -3.54. The smallest absolute Gasteiger partial charge is 0.245 e. The van der Waals surface area contributed by atoms with Gasteiger partial charge in [0.1, 0.15) is 12.4 Å². The molecule has 1 aliphatic rings. The fourth-order valence-electron chi connectivity index (χ4n) is 4.53. The van der Waals surface area contributed by atoms with Crippen LogP contribution in [0.25, 0.3) is 10.9 Å². The highest BCUT2D eigenvalue weighted by atomic mass is 32.2. The highest BCUT2D eigenvalue weighted by Crippen LogP contribution is 2.29. The van der Waals surface area contributed by atoms with Crippen molar-refractivity contribution >= 4 is 32.7 Å². The number of hydroxylamine groups is 1. The van der Waals surface area contributed by atoms with E-state index in [9.17, 15) is 18.0 Å². The number of fused-ring (bicyclic) bond motifs is 1. The van der Waals surface area contributed by atoms with Gasteiger partial charge in [0.2, 0.25) is 21.8 Å². The van der Waals surface area contributed by atoms with Gasteiger partial charge >= 0.3 is 0 Å². The van der Waals surface area contributed by atoms with Crippen molar-refractivity contribution in [1.82, 2.24) is 20.1 Å². The van der Waals surface area contributed by atoms with Crippen LogP contribution in [0.4, 0.5) is 0 Å². The number of rotatable bonds is 10. The molecule has 1 fully saturated rings. The molecule has 0 aliphatic carbocycles. The summed E-state index contributed by atoms with van der Waals surface area (Å²) < 4.78 is 34.8. The van der Waals surface area contributed by atoms with Gasteiger partial charge in [-0.15, -0.1) is 0 Å². The van der Waals surface area contributed by atoms with Gasteiger partial charge in [-0.1, -0.05) is 25.1 Å². The fraction of sp³-hybridized carbons (Fsp3) is 0.346. The zero-order valence-corrected chi connectivity index (χ0v) is 21.5. The van der Waals surface area contributed by atoms with Gasteiger partial charge in [0.25, 0.3) is 0 Å². The predicted octanol–water partition coefficient (Wildman–Crippen LogP) is 2.68. The summed E-state index contributed by atoms with van der Waals surface area (Å²) in [6, 6.07) is 15.7. The van der Waals surface area contributed by atoms with E-state index in [1.807, 2.05) is 44.2 Å². The number of ether oxygens (including phenoxy) is 1. The third kappa shape index (κ3) is 6.07. The van der Waals surface area contributed by atoms with Crippen LogP contribution in [0.5, 0.6) is 5.75 Å². The van der Waals surface area contributed by atoms with Crippen molar-refractivity contribution in [3.05, 3.63) is 65.9 Å². The monoisotopic (exact) mass is 526 g/mol. The minimum Gasteiger partial charge on any atom is -0.489 e. The summed E-state index contributed by atoms with van der Waals surface area (Å²) in [4.78, 5) is 30.1. The zero-order valence-electron chi connectivity index (χ0n) is 20.7. The summed E-state index contributed by atoms with van der Waals surface area (Å²) in [7, 11) is -4.03. The van der Waals surface area contributed by atoms with E-state index < -0.39 is 21.5 Å². The number of para-hydroxylation sites is 1. The largest absolute Gasteiger partial charge is 0.489 e. The van der Waals surface area contributed by atoms with E-state index in [0.29, 0.717) is 18.6 Å². The summed E-state index contributed by atoms with van der Waals surface area (Å²) in [6.45, 7) is 4.16. The van der Waals surface area contributed by atoms with Crippen molar-refractivity contribution in [3.63, 3.8) is 0 Å². The average molecular weight is 527 g/mol. The average Bonchev–Trinajstić information content (AvgIpc) is 2.85. The summed E-state index contributed by atoms with van der Waals surface area (Å²) in [5, 5.41) is 9.94. The van der Waals surface area contributed by atoms with Gasteiger partial charge in [-0.25, -0.2) is 18.6 Å². The van der Waals surface area contributed by atoms with Crippen LogP contribution in [0.2, 0.25) is 0 Å². The van der Waals surface area contributed by atoms with Crippen molar-refractivity contribution in [2.45, 2.75) is 50.2 Å². The SMILES string of the molecule is CCCC(=O)N1CC(CC(=O)NO)(NS(=O)(=O)c2ccc(OCc3cc(C)nc4ccccc34)cc2)C1. The molecule has 11 heteroatoms. The van der Waals surface area contributed by atoms with E-state index in [1.165, 1.54) is 22.5 Å². The van der Waals surface area contributed by atoms with Crippen molar-refractivity contribution in [1.29, 1.82) is 0 Å². The summed E-state index contributed by atoms with van der Waals surface area (Å²) in [6.07, 6.45) is 0.696. The minimum atomic E-state index is -4.03. The number of hydrogen-bond acceptors (Lipinski definition) is 7. The second-order valence-corrected chi connectivity index (χ2v) is 11.0. The molecule has 0 bridgehead atoms. The normalized spacial score (nSPS) is 14.7. The van der Waals surface area contributed by atoms with Crippen LogP contribution in [-0.4, -0.2) is 54.0 Å². The van der Waals surface area contributed by atoms with Crippen molar-refractivity contribution in [2.75, 3.05) is 13.1 Å². The number of aromatic nitrogens is 1. The molecule has 3 N–H and O–H groups in total. The maximum atomic E-state index is 13.1. The lowest BCUT2D eigenvalue weighted by Crippen LogP contribution is -2.72. The van der Waals surface area contributed by atoms with Gasteiger partial charge in [0.05, 0.1) is 22.4 Å². The molecular formula is C26H30N4O6S. The van der Waals surface area contributed by atoms with Crippen LogP contribution < -0.4 is 14.9 Å². The molecular weight excluding hydrogens is 496 g/mol. The maximum Gasteiger partial charge on any atom is 0.245 e. The zero-order chi connectivity index (χ0) is 26.6. The van der Waals surface area contributed by atoms with Gasteiger partial charge < -0.3 is 9.64 Å². The standard InChI is InChI=1S/C26H30N4O6S/c1-3-6-25(32)30-16-26(17-30,14-24(31)28-33)29-37(34,35)21-11-9-20(10-12-21)36-15-19-13-18(2)27-23-8-5-4-7-22(19)23/h4-5,7-13,29,33H,3,6,14-17H2,1-2H3,(H,28,31). The van der Waals surface area contributed by atoms with E-state index in [4.69, 9.17) is 9.94 Å². The predicted molar refractivity (Wildman–Crippen MR) is 136 cm³/mol. The molecule has 2 heterocycles. The van der Waals surface area contributed by atoms with E-state index in [2.05, 4.69) is 9.71 Å². The number of aryl methyl sites for hydroxylation is 1. The highest BCUT2D eigenvalue weighted by Gasteiger charge is 2.49. The van der Waals surface area contributed by atoms with E-state index in [1.54, 1.807) is 12.1 Å². The number of nitrogens with zero attached hydrogens (tertiary/aromatic N) is 2. The van der Waals surface area contributed by atoms with Crippen LogP contribution in [-0.2, 0) is 26.2 Å². The quantitative estimate of drug-likeness (QED) is 0.273. The van der Waals surface area contributed by atoms with Gasteiger partial charge in [-0.3, -0.25) is 19.8 Å². The summed E-state index contributed by atoms with van der Waals surface area (Å²) >= 11 is 0. The van der Waals surface area contributed by atoms with Crippen LogP contribution in [0.1, 0.15) is 37.4 Å². The van der Waals surface area contributed by atoms with Crippen LogP contribution in [0.15, 0.2) is 59.5 Å². The number of nitrogens with one attached hydrogen (secondary N) is 2. The molecule has 1 saturated heterocycles. The Balaban J connectivity index is 1.45. The van der Waals surface area contributed by atoms with Crippen molar-refractivity contribution in [3.8, 4) is 5.75 Å². The van der Waals surface area contributed by atoms with E-state index in [0.717, 1.165) is 22.2 Å². The Kier molecular flexibility index (Phi) is 7.76. The molecule has 0 saturated carbocycles. The lowest BCUT2D eigenvalue weighted by Gasteiger charge is -2.49. The van der Waals surface area contributed by atoms with Crippen LogP contribution >= 0.6 is 0 Å². The number of benzene rings is 2. The van der Waals surface area contributed by atoms with Crippen molar-refractivity contribution in [2.24, 2.45) is 0 Å². The number of pyridine rings is 1. The molecule has 0 atom stereocenters. The Labute approximate surface area is 215 Å². The first-order chi connectivity index (χ1) is 17.6. The van der Waals surface area contributed by atoms with Crippen LogP contribution in [0, 0.1) is 6.92 Å². The Morgan fingerprint density at radius 2 is 1.84 bits per heavy atom. The highest BCUT2D eigenvalue weighted by molar-refractivity contribution is 7.89. The molecule has 2 amide bonds. The molecule has 0 radical (unpaired) electrons. The van der Waals surface area contributed by atoms with Gasteiger partial charge in [0.15, 0.2) is 0 Å². The number of carbonyl (C=O) groups excluding carboxylic acids is 2. The topological polar surface area (TPSA) is 138 Å². The number of amides is 2. The Bertz CT molecular complexity index is 1400. The molecule has 3 aromatic rings. The van der Waals surface area contributed by atoms with Gasteiger partial charge in [0, 0.05) is 36.2 Å². The molecule has 2 aromatic carbocycles. The van der Waals surface area contributed by atoms with Crippen LogP contribution in [0.3, 0.4) is 0 Å². The molecule has 1 aromatic heterocycles. The molecule has 0 spiro atoms. The van der Waals surface area contributed by atoms with E-state index in [-0.39, 0.29) is 36.9 Å². The third-order valence-corrected chi connectivity index (χ3v) is 7.83. The molecule has 37 heavy (non-hydrogen) atoms. The summed E-state index contributed by atoms with van der Waals surface area (Å²) in [5.74, 6) is -0.361. The number of sulfonamides is 1. The second-order valence-electron chi connectivity index (χ2n) is 9.30. The lowest BCUT2D eigenvalue weighted by molar-refractivity contribution is -0.143. The number of likely N-dealkylation sites (tertiary alicyclic amines) is 1. The maximum absolute atomic E-state index is 13.1. The van der Waals surface area contributed by atoms with E-state index >= 15 is 0 Å². The fourth-order valence-corrected chi connectivity index (χ4v) is 5.91. The third-order valence-electron chi connectivity index (χ3n) is 6.24. The second kappa shape index (κ2) is 10.8. The molecule has 0 unspecified atom stereocenters.